The second kappa shape index (κ2) is 6.93. The van der Waals surface area contributed by atoms with Crippen molar-refractivity contribution in [3.63, 3.8) is 0 Å². The summed E-state index contributed by atoms with van der Waals surface area (Å²) in [6.45, 7) is 0. The first-order valence-electron chi connectivity index (χ1n) is 6.91. The first kappa shape index (κ1) is 14.4. The van der Waals surface area contributed by atoms with Crippen LogP contribution in [0.4, 0.5) is 4.79 Å². The zero-order chi connectivity index (χ0) is 14.4. The Balaban J connectivity index is 1.94. The van der Waals surface area contributed by atoms with Crippen LogP contribution in [0.3, 0.4) is 0 Å². The number of aliphatic carboxylic acids is 1. The van der Waals surface area contributed by atoms with Gasteiger partial charge >= 0.3 is 12.1 Å². The molecular formula is C15H19NO4. The topological polar surface area (TPSA) is 75.6 Å². The minimum absolute atomic E-state index is 0.0889. The Morgan fingerprint density at radius 3 is 2.40 bits per heavy atom. The lowest BCUT2D eigenvalue weighted by molar-refractivity contribution is -0.139. The molecule has 0 unspecified atom stereocenters. The molecule has 1 aliphatic carbocycles. The normalized spacial score (nSPS) is 17.2. The summed E-state index contributed by atoms with van der Waals surface area (Å²) < 4.78 is 5.28. The van der Waals surface area contributed by atoms with Crippen LogP contribution in [0.15, 0.2) is 30.3 Å². The van der Waals surface area contributed by atoms with Crippen molar-refractivity contribution >= 4 is 12.1 Å². The summed E-state index contributed by atoms with van der Waals surface area (Å²) >= 11 is 0. The van der Waals surface area contributed by atoms with Crippen molar-refractivity contribution in [1.82, 2.24) is 5.32 Å². The van der Waals surface area contributed by atoms with Crippen molar-refractivity contribution in [3.8, 4) is 0 Å². The number of hydrogen-bond acceptors (Lipinski definition) is 3. The van der Waals surface area contributed by atoms with E-state index >= 15 is 0 Å². The van der Waals surface area contributed by atoms with Crippen LogP contribution < -0.4 is 5.32 Å². The first-order chi connectivity index (χ1) is 9.66. The highest BCUT2D eigenvalue weighted by molar-refractivity contribution is 5.81. The lowest BCUT2D eigenvalue weighted by Gasteiger charge is -2.23. The largest absolute Gasteiger partial charge is 0.479 e. The molecule has 1 aromatic rings. The maximum Gasteiger partial charge on any atom is 0.408 e. The van der Waals surface area contributed by atoms with Crippen molar-refractivity contribution in [1.29, 1.82) is 0 Å². The molecule has 0 aromatic heterocycles. The van der Waals surface area contributed by atoms with Crippen LogP contribution in [0, 0.1) is 0 Å². The van der Waals surface area contributed by atoms with Crippen LogP contribution >= 0.6 is 0 Å². The standard InChI is InChI=1S/C15H19NO4/c17-14(18)13(11-7-3-1-4-8-11)16-15(19)20-12-9-5-2-6-10-12/h1,3-4,7-8,12-13H,2,5-6,9-10H2,(H,16,19)(H,17,18)/t13-/m1/s1. The second-order valence-corrected chi connectivity index (χ2v) is 4.99. The third kappa shape index (κ3) is 3.98. The van der Waals surface area contributed by atoms with E-state index in [0.717, 1.165) is 25.7 Å². The summed E-state index contributed by atoms with van der Waals surface area (Å²) in [5.74, 6) is -1.10. The molecule has 20 heavy (non-hydrogen) atoms. The van der Waals surface area contributed by atoms with E-state index in [1.165, 1.54) is 6.42 Å². The summed E-state index contributed by atoms with van der Waals surface area (Å²) in [5.41, 5.74) is 0.528. The van der Waals surface area contributed by atoms with Crippen LogP contribution in [0.2, 0.25) is 0 Å². The number of carboxylic acids is 1. The molecule has 1 aromatic carbocycles. The van der Waals surface area contributed by atoms with E-state index in [0.29, 0.717) is 5.56 Å². The number of carbonyl (C=O) groups is 2. The molecule has 1 atom stereocenters. The Morgan fingerprint density at radius 2 is 1.80 bits per heavy atom. The third-order valence-electron chi connectivity index (χ3n) is 3.47. The van der Waals surface area contributed by atoms with E-state index in [2.05, 4.69) is 5.32 Å². The zero-order valence-corrected chi connectivity index (χ0v) is 11.2. The van der Waals surface area contributed by atoms with Crippen LogP contribution in [0.5, 0.6) is 0 Å². The lowest BCUT2D eigenvalue weighted by atomic mass is 9.98. The smallest absolute Gasteiger partial charge is 0.408 e. The number of rotatable bonds is 4. The molecule has 0 bridgehead atoms. The number of hydrogen-bond donors (Lipinski definition) is 2. The van der Waals surface area contributed by atoms with Crippen molar-refractivity contribution in [2.45, 2.75) is 44.2 Å². The minimum atomic E-state index is -1.10. The Labute approximate surface area is 117 Å². The van der Waals surface area contributed by atoms with Crippen LogP contribution in [-0.4, -0.2) is 23.3 Å². The molecule has 1 saturated carbocycles. The van der Waals surface area contributed by atoms with Gasteiger partial charge in [-0.15, -0.1) is 0 Å². The van der Waals surface area contributed by atoms with E-state index in [-0.39, 0.29) is 6.10 Å². The zero-order valence-electron chi connectivity index (χ0n) is 11.2. The molecular weight excluding hydrogens is 258 g/mol. The molecule has 2 N–H and O–H groups in total. The summed E-state index contributed by atoms with van der Waals surface area (Å²) in [5, 5.41) is 11.6. The van der Waals surface area contributed by atoms with Gasteiger partial charge in [-0.3, -0.25) is 0 Å². The molecule has 108 valence electrons. The fraction of sp³-hybridized carbons (Fsp3) is 0.467. The molecule has 1 amide bonds. The summed E-state index contributed by atoms with van der Waals surface area (Å²) in [7, 11) is 0. The van der Waals surface area contributed by atoms with Gasteiger partial charge in [-0.2, -0.15) is 0 Å². The number of alkyl carbamates (subject to hydrolysis) is 1. The SMILES string of the molecule is O=C(N[C@@H](C(=O)O)c1ccccc1)OC1CCCCC1. The van der Waals surface area contributed by atoms with Crippen LogP contribution in [-0.2, 0) is 9.53 Å². The van der Waals surface area contributed by atoms with E-state index in [1.807, 2.05) is 0 Å². The van der Waals surface area contributed by atoms with Gasteiger partial charge in [0, 0.05) is 0 Å². The monoisotopic (exact) mass is 277 g/mol. The molecule has 1 fully saturated rings. The van der Waals surface area contributed by atoms with Gasteiger partial charge in [0.05, 0.1) is 0 Å². The molecule has 0 saturated heterocycles. The molecule has 0 spiro atoms. The predicted molar refractivity (Wildman–Crippen MR) is 73.3 cm³/mol. The molecule has 0 heterocycles. The fourth-order valence-electron chi connectivity index (χ4n) is 2.42. The number of carboxylic acid groups (broad SMARTS) is 1. The highest BCUT2D eigenvalue weighted by Crippen LogP contribution is 2.21. The van der Waals surface area contributed by atoms with Gasteiger partial charge in [0.1, 0.15) is 6.10 Å². The van der Waals surface area contributed by atoms with Gasteiger partial charge in [-0.1, -0.05) is 36.8 Å². The van der Waals surface area contributed by atoms with Gasteiger partial charge in [-0.05, 0) is 31.2 Å². The van der Waals surface area contributed by atoms with E-state index in [9.17, 15) is 14.7 Å². The molecule has 5 nitrogen and oxygen atoms in total. The third-order valence-corrected chi connectivity index (χ3v) is 3.47. The second-order valence-electron chi connectivity index (χ2n) is 4.99. The van der Waals surface area contributed by atoms with E-state index < -0.39 is 18.1 Å². The predicted octanol–water partition coefficient (Wildman–Crippen LogP) is 2.87. The quantitative estimate of drug-likeness (QED) is 0.887. The van der Waals surface area contributed by atoms with Crippen LogP contribution in [0.1, 0.15) is 43.7 Å². The average Bonchev–Trinajstić information content (AvgIpc) is 2.46. The van der Waals surface area contributed by atoms with Gasteiger partial charge in [0.15, 0.2) is 6.04 Å². The van der Waals surface area contributed by atoms with Crippen molar-refractivity contribution in [3.05, 3.63) is 35.9 Å². The van der Waals surface area contributed by atoms with E-state index in [1.54, 1.807) is 30.3 Å². The Hall–Kier alpha value is -2.04. The maximum absolute atomic E-state index is 11.8. The fourth-order valence-corrected chi connectivity index (χ4v) is 2.42. The van der Waals surface area contributed by atoms with Crippen LogP contribution in [0.25, 0.3) is 0 Å². The summed E-state index contributed by atoms with van der Waals surface area (Å²) in [4.78, 5) is 23.1. The first-order valence-corrected chi connectivity index (χ1v) is 6.91. The Morgan fingerprint density at radius 1 is 1.15 bits per heavy atom. The highest BCUT2D eigenvalue weighted by Gasteiger charge is 2.24. The summed E-state index contributed by atoms with van der Waals surface area (Å²) in [6.07, 6.45) is 4.25. The number of nitrogens with one attached hydrogen (secondary N) is 1. The molecule has 0 aliphatic heterocycles. The molecule has 2 rings (SSSR count). The van der Waals surface area contributed by atoms with Gasteiger partial charge in [0.2, 0.25) is 0 Å². The lowest BCUT2D eigenvalue weighted by Crippen LogP contribution is -2.36. The summed E-state index contributed by atoms with van der Waals surface area (Å²) in [6, 6.07) is 7.52. The highest BCUT2D eigenvalue weighted by atomic mass is 16.6. The minimum Gasteiger partial charge on any atom is -0.479 e. The number of benzene rings is 1. The number of carbonyl (C=O) groups excluding carboxylic acids is 1. The number of amides is 1. The molecule has 0 radical (unpaired) electrons. The van der Waals surface area contributed by atoms with Crippen molar-refractivity contribution in [2.24, 2.45) is 0 Å². The Kier molecular flexibility index (Phi) is 4.98. The van der Waals surface area contributed by atoms with Gasteiger partial charge in [-0.25, -0.2) is 9.59 Å². The molecule has 1 aliphatic rings. The average molecular weight is 277 g/mol. The van der Waals surface area contributed by atoms with E-state index in [4.69, 9.17) is 4.74 Å². The van der Waals surface area contributed by atoms with Gasteiger partial charge in [0.25, 0.3) is 0 Å². The van der Waals surface area contributed by atoms with Gasteiger partial charge < -0.3 is 15.2 Å². The van der Waals surface area contributed by atoms with Crippen molar-refractivity contribution < 1.29 is 19.4 Å². The molecule has 5 heteroatoms. The maximum atomic E-state index is 11.8. The number of ether oxygens (including phenoxy) is 1. The van der Waals surface area contributed by atoms with Crippen molar-refractivity contribution in [2.75, 3.05) is 0 Å². The Bertz CT molecular complexity index is 454.